The first kappa shape index (κ1) is 13.9. The van der Waals surface area contributed by atoms with E-state index in [0.717, 1.165) is 11.1 Å². The second kappa shape index (κ2) is 5.64. The minimum absolute atomic E-state index is 0.175. The molecule has 0 aliphatic heterocycles. The SMILES string of the molecule is COc1cc(C(N)c2cccc(C)c2C)ccc1Cl. The number of benzene rings is 2. The van der Waals surface area contributed by atoms with Gasteiger partial charge in [0, 0.05) is 0 Å². The van der Waals surface area contributed by atoms with Crippen molar-refractivity contribution in [1.82, 2.24) is 0 Å². The van der Waals surface area contributed by atoms with E-state index < -0.39 is 0 Å². The van der Waals surface area contributed by atoms with Gasteiger partial charge in [-0.25, -0.2) is 0 Å². The molecular formula is C16H18ClNO. The van der Waals surface area contributed by atoms with Gasteiger partial charge in [-0.15, -0.1) is 0 Å². The molecule has 0 fully saturated rings. The summed E-state index contributed by atoms with van der Waals surface area (Å²) in [4.78, 5) is 0. The van der Waals surface area contributed by atoms with E-state index in [1.165, 1.54) is 11.1 Å². The molecule has 2 nitrogen and oxygen atoms in total. The molecule has 3 heteroatoms. The molecule has 0 aliphatic rings. The van der Waals surface area contributed by atoms with Gasteiger partial charge in [0.05, 0.1) is 18.2 Å². The summed E-state index contributed by atoms with van der Waals surface area (Å²) < 4.78 is 5.24. The number of methoxy groups -OCH3 is 1. The van der Waals surface area contributed by atoms with Crippen molar-refractivity contribution in [1.29, 1.82) is 0 Å². The zero-order chi connectivity index (χ0) is 14.0. The molecule has 2 N–H and O–H groups in total. The molecule has 0 radical (unpaired) electrons. The largest absolute Gasteiger partial charge is 0.495 e. The van der Waals surface area contributed by atoms with Gasteiger partial charge in [0.1, 0.15) is 5.75 Å². The molecule has 2 rings (SSSR count). The first-order valence-electron chi connectivity index (χ1n) is 6.19. The van der Waals surface area contributed by atoms with Gasteiger partial charge >= 0.3 is 0 Å². The maximum atomic E-state index is 6.36. The Morgan fingerprint density at radius 1 is 1.16 bits per heavy atom. The second-order valence-corrected chi connectivity index (χ2v) is 5.07. The van der Waals surface area contributed by atoms with Crippen LogP contribution in [0.5, 0.6) is 5.75 Å². The molecule has 1 unspecified atom stereocenters. The van der Waals surface area contributed by atoms with Crippen molar-refractivity contribution < 1.29 is 4.74 Å². The van der Waals surface area contributed by atoms with Crippen LogP contribution >= 0.6 is 11.6 Å². The fourth-order valence-corrected chi connectivity index (χ4v) is 2.35. The molecule has 2 aromatic carbocycles. The van der Waals surface area contributed by atoms with E-state index in [2.05, 4.69) is 26.0 Å². The third-order valence-corrected chi connectivity index (χ3v) is 3.83. The molecule has 0 aromatic heterocycles. The highest BCUT2D eigenvalue weighted by atomic mass is 35.5. The Kier molecular flexibility index (Phi) is 4.13. The lowest BCUT2D eigenvalue weighted by molar-refractivity contribution is 0.414. The van der Waals surface area contributed by atoms with Crippen molar-refractivity contribution in [2.24, 2.45) is 5.73 Å². The van der Waals surface area contributed by atoms with Crippen molar-refractivity contribution in [3.63, 3.8) is 0 Å². The summed E-state index contributed by atoms with van der Waals surface area (Å²) in [6.07, 6.45) is 0. The highest BCUT2D eigenvalue weighted by Crippen LogP contribution is 2.30. The van der Waals surface area contributed by atoms with Crippen molar-refractivity contribution in [3.8, 4) is 5.75 Å². The molecule has 0 saturated heterocycles. The van der Waals surface area contributed by atoms with Crippen molar-refractivity contribution in [2.75, 3.05) is 7.11 Å². The number of hydrogen-bond acceptors (Lipinski definition) is 2. The second-order valence-electron chi connectivity index (χ2n) is 4.66. The topological polar surface area (TPSA) is 35.2 Å². The van der Waals surface area contributed by atoms with Gasteiger partial charge in [0.2, 0.25) is 0 Å². The van der Waals surface area contributed by atoms with Crippen LogP contribution in [0, 0.1) is 13.8 Å². The Morgan fingerprint density at radius 2 is 1.89 bits per heavy atom. The minimum atomic E-state index is -0.175. The molecule has 0 amide bonds. The minimum Gasteiger partial charge on any atom is -0.495 e. The summed E-state index contributed by atoms with van der Waals surface area (Å²) >= 11 is 6.04. The number of halogens is 1. The highest BCUT2D eigenvalue weighted by Gasteiger charge is 2.14. The monoisotopic (exact) mass is 275 g/mol. The first-order chi connectivity index (χ1) is 9.04. The molecule has 0 saturated carbocycles. The number of rotatable bonds is 3. The summed E-state index contributed by atoms with van der Waals surface area (Å²) in [5.41, 5.74) is 11.0. The predicted octanol–water partition coefficient (Wildman–Crippen LogP) is 4.01. The van der Waals surface area contributed by atoms with Gasteiger partial charge in [0.15, 0.2) is 0 Å². The quantitative estimate of drug-likeness (QED) is 0.918. The van der Waals surface area contributed by atoms with E-state index in [1.807, 2.05) is 24.3 Å². The van der Waals surface area contributed by atoms with Gasteiger partial charge in [-0.3, -0.25) is 0 Å². The molecule has 1 atom stereocenters. The Bertz CT molecular complexity index is 595. The predicted molar refractivity (Wildman–Crippen MR) is 80.0 cm³/mol. The fraction of sp³-hybridized carbons (Fsp3) is 0.250. The molecule has 0 heterocycles. The van der Waals surface area contributed by atoms with Crippen LogP contribution in [-0.2, 0) is 0 Å². The van der Waals surface area contributed by atoms with Crippen LogP contribution in [0.15, 0.2) is 36.4 Å². The zero-order valence-electron chi connectivity index (χ0n) is 11.4. The van der Waals surface area contributed by atoms with Crippen LogP contribution in [0.3, 0.4) is 0 Å². The molecule has 0 aliphatic carbocycles. The maximum absolute atomic E-state index is 6.36. The summed E-state index contributed by atoms with van der Waals surface area (Å²) in [6, 6.07) is 11.7. The van der Waals surface area contributed by atoms with E-state index in [4.69, 9.17) is 22.1 Å². The molecule has 2 aromatic rings. The fourth-order valence-electron chi connectivity index (χ4n) is 2.16. The third kappa shape index (κ3) is 2.75. The summed E-state index contributed by atoms with van der Waals surface area (Å²) in [5, 5.41) is 0.597. The number of nitrogens with two attached hydrogens (primary N) is 1. The molecule has 100 valence electrons. The van der Waals surface area contributed by atoms with Gasteiger partial charge in [-0.1, -0.05) is 35.9 Å². The number of ether oxygens (including phenoxy) is 1. The van der Waals surface area contributed by atoms with Crippen LogP contribution in [0.1, 0.15) is 28.3 Å². The Balaban J connectivity index is 2.44. The van der Waals surface area contributed by atoms with E-state index in [9.17, 15) is 0 Å². The lowest BCUT2D eigenvalue weighted by Crippen LogP contribution is -2.13. The van der Waals surface area contributed by atoms with Crippen molar-refractivity contribution in [3.05, 3.63) is 63.7 Å². The highest BCUT2D eigenvalue weighted by molar-refractivity contribution is 6.32. The number of hydrogen-bond donors (Lipinski definition) is 1. The van der Waals surface area contributed by atoms with Crippen LogP contribution in [0.2, 0.25) is 5.02 Å². The van der Waals surface area contributed by atoms with Crippen molar-refractivity contribution in [2.45, 2.75) is 19.9 Å². The van der Waals surface area contributed by atoms with Crippen LogP contribution in [-0.4, -0.2) is 7.11 Å². The Morgan fingerprint density at radius 3 is 2.58 bits per heavy atom. The van der Waals surface area contributed by atoms with E-state index in [0.29, 0.717) is 10.8 Å². The average molecular weight is 276 g/mol. The summed E-state index contributed by atoms with van der Waals surface area (Å²) in [7, 11) is 1.61. The Hall–Kier alpha value is -1.51. The summed E-state index contributed by atoms with van der Waals surface area (Å²) in [5.74, 6) is 0.653. The molecule has 19 heavy (non-hydrogen) atoms. The first-order valence-corrected chi connectivity index (χ1v) is 6.57. The van der Waals surface area contributed by atoms with E-state index >= 15 is 0 Å². The molecule has 0 spiro atoms. The van der Waals surface area contributed by atoms with Crippen LogP contribution in [0.25, 0.3) is 0 Å². The van der Waals surface area contributed by atoms with Gasteiger partial charge in [-0.2, -0.15) is 0 Å². The molecular weight excluding hydrogens is 258 g/mol. The summed E-state index contributed by atoms with van der Waals surface area (Å²) in [6.45, 7) is 4.19. The molecule has 0 bridgehead atoms. The standard InChI is InChI=1S/C16H18ClNO/c1-10-5-4-6-13(11(10)2)16(18)12-7-8-14(17)15(9-12)19-3/h4-9,16H,18H2,1-3H3. The smallest absolute Gasteiger partial charge is 0.137 e. The number of aryl methyl sites for hydroxylation is 1. The maximum Gasteiger partial charge on any atom is 0.137 e. The van der Waals surface area contributed by atoms with Crippen LogP contribution < -0.4 is 10.5 Å². The average Bonchev–Trinajstić information content (AvgIpc) is 2.41. The Labute approximate surface area is 119 Å². The van der Waals surface area contributed by atoms with Gasteiger partial charge in [-0.05, 0) is 48.2 Å². The van der Waals surface area contributed by atoms with E-state index in [1.54, 1.807) is 7.11 Å². The van der Waals surface area contributed by atoms with Gasteiger partial charge in [0.25, 0.3) is 0 Å². The lowest BCUT2D eigenvalue weighted by Gasteiger charge is -2.17. The lowest BCUT2D eigenvalue weighted by atomic mass is 9.93. The van der Waals surface area contributed by atoms with Crippen LogP contribution in [0.4, 0.5) is 0 Å². The third-order valence-electron chi connectivity index (χ3n) is 3.52. The van der Waals surface area contributed by atoms with Crippen molar-refractivity contribution >= 4 is 11.6 Å². The normalized spacial score (nSPS) is 12.3. The van der Waals surface area contributed by atoms with Gasteiger partial charge < -0.3 is 10.5 Å². The zero-order valence-corrected chi connectivity index (χ0v) is 12.2. The van der Waals surface area contributed by atoms with E-state index in [-0.39, 0.29) is 6.04 Å².